The molecular formula is C22H30Br2N4O6. The minimum atomic E-state index is -0.335. The lowest BCUT2D eigenvalue weighted by Gasteiger charge is -2.23. The van der Waals surface area contributed by atoms with Gasteiger partial charge in [-0.05, 0) is 71.4 Å². The SMILES string of the molecule is CCOC(=O)c1cn(C2CCOCC2)nc1Br.CCOC(=O)c1cnn(C2CCOCC2)c1Br. The van der Waals surface area contributed by atoms with Crippen LogP contribution >= 0.6 is 31.9 Å². The number of hydrogen-bond donors (Lipinski definition) is 0. The van der Waals surface area contributed by atoms with E-state index in [1.54, 1.807) is 26.2 Å². The highest BCUT2D eigenvalue weighted by molar-refractivity contribution is 9.10. The molecule has 0 saturated carbocycles. The van der Waals surface area contributed by atoms with Gasteiger partial charge in [-0.1, -0.05) is 0 Å². The molecule has 2 aromatic heterocycles. The van der Waals surface area contributed by atoms with Crippen LogP contribution in [0.2, 0.25) is 0 Å². The van der Waals surface area contributed by atoms with Crippen molar-refractivity contribution in [3.63, 3.8) is 0 Å². The van der Waals surface area contributed by atoms with Crippen molar-refractivity contribution in [2.24, 2.45) is 0 Å². The zero-order chi connectivity index (χ0) is 24.5. The largest absolute Gasteiger partial charge is 0.462 e. The molecule has 0 spiro atoms. The van der Waals surface area contributed by atoms with Gasteiger partial charge in [0.15, 0.2) is 0 Å². The van der Waals surface area contributed by atoms with Crippen LogP contribution in [0.15, 0.2) is 21.6 Å². The number of ether oxygens (including phenoxy) is 4. The summed E-state index contributed by atoms with van der Waals surface area (Å²) in [6.45, 7) is 7.29. The van der Waals surface area contributed by atoms with Crippen LogP contribution in [0.5, 0.6) is 0 Å². The lowest BCUT2D eigenvalue weighted by molar-refractivity contribution is 0.0514. The van der Waals surface area contributed by atoms with E-state index in [1.165, 1.54) is 0 Å². The number of carbonyl (C=O) groups is 2. The highest BCUT2D eigenvalue weighted by Crippen LogP contribution is 2.27. The molecule has 188 valence electrons. The monoisotopic (exact) mass is 604 g/mol. The molecule has 0 radical (unpaired) electrons. The zero-order valence-electron chi connectivity index (χ0n) is 19.4. The molecule has 0 N–H and O–H groups in total. The predicted octanol–water partition coefficient (Wildman–Crippen LogP) is 4.35. The molecule has 0 aliphatic carbocycles. The van der Waals surface area contributed by atoms with E-state index in [2.05, 4.69) is 42.1 Å². The number of rotatable bonds is 6. The maximum atomic E-state index is 11.6. The summed E-state index contributed by atoms with van der Waals surface area (Å²) in [5, 5.41) is 8.57. The molecule has 4 heterocycles. The van der Waals surface area contributed by atoms with Crippen LogP contribution in [0.3, 0.4) is 0 Å². The topological polar surface area (TPSA) is 107 Å². The second-order valence-electron chi connectivity index (χ2n) is 7.74. The Balaban J connectivity index is 0.000000191. The number of nitrogens with zero attached hydrogens (tertiary/aromatic N) is 4. The molecule has 0 amide bonds. The van der Waals surface area contributed by atoms with Crippen LogP contribution in [0.1, 0.15) is 72.3 Å². The molecule has 0 aromatic carbocycles. The molecule has 2 aliphatic rings. The quantitative estimate of drug-likeness (QED) is 0.448. The van der Waals surface area contributed by atoms with E-state index in [0.717, 1.165) is 52.1 Å². The Morgan fingerprint density at radius 1 is 0.941 bits per heavy atom. The number of esters is 2. The van der Waals surface area contributed by atoms with Gasteiger partial charge >= 0.3 is 11.9 Å². The van der Waals surface area contributed by atoms with Gasteiger partial charge in [0.2, 0.25) is 0 Å². The normalized spacial score (nSPS) is 17.1. The molecule has 12 heteroatoms. The van der Waals surface area contributed by atoms with Gasteiger partial charge in [0.05, 0.1) is 31.5 Å². The van der Waals surface area contributed by atoms with E-state index in [9.17, 15) is 9.59 Å². The molecule has 10 nitrogen and oxygen atoms in total. The summed E-state index contributed by atoms with van der Waals surface area (Å²) < 4.78 is 25.4. The molecule has 0 atom stereocenters. The Bertz CT molecular complexity index is 935. The Morgan fingerprint density at radius 3 is 2.03 bits per heavy atom. The summed E-state index contributed by atoms with van der Waals surface area (Å²) in [6.07, 6.45) is 6.99. The van der Waals surface area contributed by atoms with E-state index in [0.29, 0.717) is 45.6 Å². The lowest BCUT2D eigenvalue weighted by atomic mass is 10.1. The first-order valence-electron chi connectivity index (χ1n) is 11.4. The first-order valence-corrected chi connectivity index (χ1v) is 13.0. The van der Waals surface area contributed by atoms with Gasteiger partial charge in [0.1, 0.15) is 20.3 Å². The van der Waals surface area contributed by atoms with Gasteiger partial charge in [-0.3, -0.25) is 9.36 Å². The smallest absolute Gasteiger partial charge is 0.342 e. The standard InChI is InChI=1S/2C11H15BrN2O3/c1-2-17-11(15)9-7-14(13-10(9)12)8-3-5-16-6-4-8;1-2-17-11(15)9-7-13-14(10(9)12)8-3-5-16-6-4-8/h2*7-8H,2-6H2,1H3. The maximum absolute atomic E-state index is 11.6. The van der Waals surface area contributed by atoms with Crippen molar-refractivity contribution < 1.29 is 28.5 Å². The third-order valence-electron chi connectivity index (χ3n) is 5.51. The van der Waals surface area contributed by atoms with Crippen molar-refractivity contribution in [2.45, 2.75) is 51.6 Å². The van der Waals surface area contributed by atoms with E-state index in [1.807, 2.05) is 9.36 Å². The molecule has 4 rings (SSSR count). The number of carbonyl (C=O) groups excluding carboxylic acids is 2. The fourth-order valence-electron chi connectivity index (χ4n) is 3.73. The minimum Gasteiger partial charge on any atom is -0.462 e. The van der Waals surface area contributed by atoms with Crippen molar-refractivity contribution in [3.8, 4) is 0 Å². The summed E-state index contributed by atoms with van der Waals surface area (Å²) in [7, 11) is 0. The molecule has 0 unspecified atom stereocenters. The summed E-state index contributed by atoms with van der Waals surface area (Å²) in [5.74, 6) is -0.671. The third-order valence-corrected chi connectivity index (χ3v) is 6.89. The fourth-order valence-corrected chi connectivity index (χ4v) is 4.82. The number of hydrogen-bond acceptors (Lipinski definition) is 8. The van der Waals surface area contributed by atoms with Crippen LogP contribution < -0.4 is 0 Å². The Hall–Kier alpha value is -1.76. The molecule has 2 aliphatic heterocycles. The zero-order valence-corrected chi connectivity index (χ0v) is 22.5. The summed E-state index contributed by atoms with van der Waals surface area (Å²) in [4.78, 5) is 23.3. The van der Waals surface area contributed by atoms with E-state index in [-0.39, 0.29) is 11.9 Å². The molecular weight excluding hydrogens is 576 g/mol. The van der Waals surface area contributed by atoms with Crippen LogP contribution in [-0.2, 0) is 18.9 Å². The van der Waals surface area contributed by atoms with Gasteiger partial charge in [-0.2, -0.15) is 10.2 Å². The van der Waals surface area contributed by atoms with Gasteiger partial charge < -0.3 is 18.9 Å². The number of halogens is 2. The average molecular weight is 606 g/mol. The van der Waals surface area contributed by atoms with Gasteiger partial charge in [0.25, 0.3) is 0 Å². The Morgan fingerprint density at radius 2 is 1.47 bits per heavy atom. The summed E-state index contributed by atoms with van der Waals surface area (Å²) in [5.41, 5.74) is 0.969. The maximum Gasteiger partial charge on any atom is 0.342 e. The fraction of sp³-hybridized carbons (Fsp3) is 0.636. The van der Waals surface area contributed by atoms with Gasteiger partial charge in [-0.15, -0.1) is 0 Å². The summed E-state index contributed by atoms with van der Waals surface area (Å²) >= 11 is 6.71. The molecule has 2 saturated heterocycles. The Kier molecular flexibility index (Phi) is 10.5. The van der Waals surface area contributed by atoms with E-state index in [4.69, 9.17) is 18.9 Å². The molecule has 34 heavy (non-hydrogen) atoms. The molecule has 2 fully saturated rings. The second-order valence-corrected chi connectivity index (χ2v) is 9.24. The van der Waals surface area contributed by atoms with Crippen molar-refractivity contribution in [3.05, 3.63) is 32.7 Å². The molecule has 2 aromatic rings. The predicted molar refractivity (Wildman–Crippen MR) is 130 cm³/mol. The van der Waals surface area contributed by atoms with Crippen molar-refractivity contribution >= 4 is 43.8 Å². The minimum absolute atomic E-state index is 0.293. The Labute approximate surface area is 215 Å². The van der Waals surface area contributed by atoms with Crippen LogP contribution in [-0.4, -0.2) is 71.1 Å². The van der Waals surface area contributed by atoms with Crippen molar-refractivity contribution in [1.29, 1.82) is 0 Å². The second kappa shape index (κ2) is 13.4. The van der Waals surface area contributed by atoms with Crippen LogP contribution in [0.25, 0.3) is 0 Å². The first-order chi connectivity index (χ1) is 16.5. The van der Waals surface area contributed by atoms with Crippen LogP contribution in [0.4, 0.5) is 0 Å². The van der Waals surface area contributed by atoms with Crippen molar-refractivity contribution in [2.75, 3.05) is 39.6 Å². The average Bonchev–Trinajstić information content (AvgIpc) is 3.44. The highest BCUT2D eigenvalue weighted by atomic mass is 79.9. The number of aromatic nitrogens is 4. The van der Waals surface area contributed by atoms with E-state index < -0.39 is 0 Å². The van der Waals surface area contributed by atoms with E-state index >= 15 is 0 Å². The lowest BCUT2D eigenvalue weighted by Crippen LogP contribution is -2.20. The summed E-state index contributed by atoms with van der Waals surface area (Å²) in [6, 6.07) is 0.601. The third kappa shape index (κ3) is 6.89. The van der Waals surface area contributed by atoms with Crippen LogP contribution in [0, 0.1) is 0 Å². The highest BCUT2D eigenvalue weighted by Gasteiger charge is 2.23. The first kappa shape index (κ1) is 26.8. The van der Waals surface area contributed by atoms with Gasteiger partial charge in [-0.25, -0.2) is 9.59 Å². The van der Waals surface area contributed by atoms with Crippen molar-refractivity contribution in [1.82, 2.24) is 19.6 Å². The van der Waals surface area contributed by atoms with Gasteiger partial charge in [0, 0.05) is 32.6 Å². The molecule has 0 bridgehead atoms.